The van der Waals surface area contributed by atoms with Gasteiger partial charge in [-0.2, -0.15) is 5.21 Å². The highest BCUT2D eigenvalue weighted by atomic mass is 16.3. The first-order valence-electron chi connectivity index (χ1n) is 6.95. The Bertz CT molecular complexity index is 605. The van der Waals surface area contributed by atoms with E-state index in [0.29, 0.717) is 17.9 Å². The Morgan fingerprint density at radius 1 is 1.33 bits per heavy atom. The van der Waals surface area contributed by atoms with Gasteiger partial charge in [-0.05, 0) is 42.0 Å². The highest BCUT2D eigenvalue weighted by molar-refractivity contribution is 5.94. The molecule has 7 heteroatoms. The van der Waals surface area contributed by atoms with Crippen LogP contribution in [0.15, 0.2) is 24.3 Å². The Kier molecular flexibility index (Phi) is 3.66. The van der Waals surface area contributed by atoms with E-state index in [2.05, 4.69) is 25.9 Å². The molecule has 0 aliphatic heterocycles. The van der Waals surface area contributed by atoms with E-state index in [4.69, 9.17) is 5.11 Å². The highest BCUT2D eigenvalue weighted by Crippen LogP contribution is 2.47. The number of hydrogen-bond donors (Lipinski definition) is 3. The van der Waals surface area contributed by atoms with Crippen molar-refractivity contribution in [2.45, 2.75) is 19.3 Å². The fourth-order valence-electron chi connectivity index (χ4n) is 2.35. The maximum atomic E-state index is 12.1. The Hall–Kier alpha value is -2.28. The van der Waals surface area contributed by atoms with Crippen LogP contribution in [0.25, 0.3) is 11.4 Å². The summed E-state index contributed by atoms with van der Waals surface area (Å²) in [5, 5.41) is 25.6. The molecule has 110 valence electrons. The van der Waals surface area contributed by atoms with Gasteiger partial charge in [0, 0.05) is 24.3 Å². The van der Waals surface area contributed by atoms with E-state index < -0.39 is 0 Å². The molecule has 3 N–H and O–H groups in total. The van der Waals surface area contributed by atoms with E-state index in [9.17, 15) is 4.79 Å². The maximum Gasteiger partial charge on any atom is 0.251 e. The molecule has 0 spiro atoms. The van der Waals surface area contributed by atoms with Crippen molar-refractivity contribution >= 4 is 5.91 Å². The van der Waals surface area contributed by atoms with Crippen molar-refractivity contribution < 1.29 is 9.90 Å². The Morgan fingerprint density at radius 2 is 2.10 bits per heavy atom. The minimum atomic E-state index is -0.0983. The van der Waals surface area contributed by atoms with E-state index in [1.165, 1.54) is 0 Å². The third-order valence-electron chi connectivity index (χ3n) is 3.97. The Labute approximate surface area is 121 Å². The predicted octanol–water partition coefficient (Wildman–Crippen LogP) is 0.759. The van der Waals surface area contributed by atoms with Crippen LogP contribution < -0.4 is 5.32 Å². The van der Waals surface area contributed by atoms with Crippen LogP contribution in [-0.2, 0) is 0 Å². The minimum Gasteiger partial charge on any atom is -0.396 e. The monoisotopic (exact) mass is 287 g/mol. The van der Waals surface area contributed by atoms with Gasteiger partial charge < -0.3 is 10.4 Å². The van der Waals surface area contributed by atoms with Gasteiger partial charge >= 0.3 is 0 Å². The number of nitrogens with one attached hydrogen (secondary N) is 2. The molecule has 1 aromatic heterocycles. The molecule has 1 aliphatic carbocycles. The second kappa shape index (κ2) is 5.61. The lowest BCUT2D eigenvalue weighted by atomic mass is 10.0. The van der Waals surface area contributed by atoms with Crippen LogP contribution >= 0.6 is 0 Å². The average Bonchev–Trinajstić information content (AvgIpc) is 3.06. The van der Waals surface area contributed by atoms with E-state index in [1.54, 1.807) is 24.3 Å². The average molecular weight is 287 g/mol. The van der Waals surface area contributed by atoms with Crippen molar-refractivity contribution in [3.63, 3.8) is 0 Å². The Balaban J connectivity index is 1.60. The van der Waals surface area contributed by atoms with Crippen LogP contribution in [0.1, 0.15) is 29.6 Å². The van der Waals surface area contributed by atoms with Gasteiger partial charge in [0.1, 0.15) is 0 Å². The Morgan fingerprint density at radius 3 is 2.67 bits per heavy atom. The molecular formula is C14H17N5O2. The smallest absolute Gasteiger partial charge is 0.251 e. The molecular weight excluding hydrogens is 270 g/mol. The normalized spacial score (nSPS) is 15.7. The topological polar surface area (TPSA) is 104 Å². The fraction of sp³-hybridized carbons (Fsp3) is 0.429. The van der Waals surface area contributed by atoms with Gasteiger partial charge in [0.2, 0.25) is 5.82 Å². The first-order chi connectivity index (χ1) is 10.2. The van der Waals surface area contributed by atoms with E-state index >= 15 is 0 Å². The highest BCUT2D eigenvalue weighted by Gasteiger charge is 2.41. The number of hydrogen-bond acceptors (Lipinski definition) is 5. The largest absolute Gasteiger partial charge is 0.396 e. The number of aromatic amines is 1. The third kappa shape index (κ3) is 3.08. The fourth-order valence-corrected chi connectivity index (χ4v) is 2.35. The molecule has 2 aromatic rings. The van der Waals surface area contributed by atoms with Crippen LogP contribution in [0.4, 0.5) is 0 Å². The first-order valence-corrected chi connectivity index (χ1v) is 6.95. The van der Waals surface area contributed by atoms with Crippen molar-refractivity contribution in [1.29, 1.82) is 0 Å². The number of carbonyl (C=O) groups excluding carboxylic acids is 1. The zero-order valence-corrected chi connectivity index (χ0v) is 11.5. The third-order valence-corrected chi connectivity index (χ3v) is 3.97. The molecule has 1 amide bonds. The van der Waals surface area contributed by atoms with Crippen molar-refractivity contribution in [1.82, 2.24) is 25.9 Å². The summed E-state index contributed by atoms with van der Waals surface area (Å²) in [4.78, 5) is 12.1. The SMILES string of the molecule is O=C(NCC1(CCO)CC1)c1ccc(-c2nn[nH]n2)cc1. The van der Waals surface area contributed by atoms with Crippen molar-refractivity contribution in [3.8, 4) is 11.4 Å². The van der Waals surface area contributed by atoms with Gasteiger partial charge in [-0.3, -0.25) is 4.79 Å². The number of nitrogens with zero attached hydrogens (tertiary/aromatic N) is 3. The molecule has 1 aliphatic rings. The zero-order chi connectivity index (χ0) is 14.7. The number of amides is 1. The number of rotatable bonds is 6. The van der Waals surface area contributed by atoms with Crippen molar-refractivity contribution in [2.24, 2.45) is 5.41 Å². The van der Waals surface area contributed by atoms with Gasteiger partial charge in [0.25, 0.3) is 5.91 Å². The molecule has 1 fully saturated rings. The zero-order valence-electron chi connectivity index (χ0n) is 11.5. The molecule has 0 unspecified atom stereocenters. The molecule has 3 rings (SSSR count). The molecule has 1 saturated carbocycles. The van der Waals surface area contributed by atoms with Crippen molar-refractivity contribution in [2.75, 3.05) is 13.2 Å². The number of aliphatic hydroxyl groups is 1. The second-order valence-corrected chi connectivity index (χ2v) is 5.47. The summed E-state index contributed by atoms with van der Waals surface area (Å²) in [7, 11) is 0. The summed E-state index contributed by atoms with van der Waals surface area (Å²) in [6.07, 6.45) is 2.90. The predicted molar refractivity (Wildman–Crippen MR) is 75.3 cm³/mol. The van der Waals surface area contributed by atoms with Gasteiger partial charge in [-0.25, -0.2) is 0 Å². The molecule has 0 saturated heterocycles. The van der Waals surface area contributed by atoms with Gasteiger partial charge in [-0.15, -0.1) is 10.2 Å². The van der Waals surface area contributed by atoms with Crippen LogP contribution in [0, 0.1) is 5.41 Å². The number of H-pyrrole nitrogens is 1. The maximum absolute atomic E-state index is 12.1. The number of benzene rings is 1. The molecule has 1 aromatic carbocycles. The van der Waals surface area contributed by atoms with Gasteiger partial charge in [-0.1, -0.05) is 12.1 Å². The van der Waals surface area contributed by atoms with E-state index in [-0.39, 0.29) is 17.9 Å². The van der Waals surface area contributed by atoms with Crippen LogP contribution in [0.2, 0.25) is 0 Å². The number of carbonyl (C=O) groups is 1. The van der Waals surface area contributed by atoms with Crippen LogP contribution in [-0.4, -0.2) is 44.8 Å². The quantitative estimate of drug-likeness (QED) is 0.727. The van der Waals surface area contributed by atoms with E-state index in [1.807, 2.05) is 0 Å². The molecule has 1 heterocycles. The lowest BCUT2D eigenvalue weighted by Crippen LogP contribution is -2.30. The molecule has 7 nitrogen and oxygen atoms in total. The second-order valence-electron chi connectivity index (χ2n) is 5.47. The summed E-state index contributed by atoms with van der Waals surface area (Å²) in [6.45, 7) is 0.800. The van der Waals surface area contributed by atoms with Crippen LogP contribution in [0.5, 0.6) is 0 Å². The van der Waals surface area contributed by atoms with E-state index in [0.717, 1.165) is 24.8 Å². The van der Waals surface area contributed by atoms with Crippen molar-refractivity contribution in [3.05, 3.63) is 29.8 Å². The summed E-state index contributed by atoms with van der Waals surface area (Å²) in [5.74, 6) is 0.403. The number of tetrazole rings is 1. The van der Waals surface area contributed by atoms with Crippen LogP contribution in [0.3, 0.4) is 0 Å². The molecule has 0 radical (unpaired) electrons. The summed E-state index contributed by atoms with van der Waals surface area (Å²) >= 11 is 0. The minimum absolute atomic E-state index is 0.0983. The van der Waals surface area contributed by atoms with Gasteiger partial charge in [0.15, 0.2) is 0 Å². The summed E-state index contributed by atoms with van der Waals surface area (Å²) < 4.78 is 0. The van der Waals surface area contributed by atoms with Gasteiger partial charge in [0.05, 0.1) is 0 Å². The molecule has 0 atom stereocenters. The lowest BCUT2D eigenvalue weighted by molar-refractivity contribution is 0.0941. The summed E-state index contributed by atoms with van der Waals surface area (Å²) in [6, 6.07) is 7.07. The lowest BCUT2D eigenvalue weighted by Gasteiger charge is -2.14. The number of aromatic nitrogens is 4. The molecule has 0 bridgehead atoms. The molecule has 21 heavy (non-hydrogen) atoms. The standard InChI is InChI=1S/C14H17N5O2/c20-8-7-14(5-6-14)9-15-13(21)11-3-1-10(2-4-11)12-16-18-19-17-12/h1-4,20H,5-9H2,(H,15,21)(H,16,17,18,19). The summed E-state index contributed by atoms with van der Waals surface area (Å²) in [5.41, 5.74) is 1.52. The first kappa shape index (κ1) is 13.7. The number of aliphatic hydroxyl groups excluding tert-OH is 1.